The van der Waals surface area contributed by atoms with Crippen LogP contribution in [0.15, 0.2) is 89.6 Å². The maximum absolute atomic E-state index is 8.08. The van der Waals surface area contributed by atoms with Crippen LogP contribution in [0.2, 0.25) is 19.6 Å². The second kappa shape index (κ2) is 12.4. The molecule has 6 rings (SSSR count). The Bertz CT molecular complexity index is 1930. The van der Waals surface area contributed by atoms with Gasteiger partial charge in [-0.05, 0) is 48.8 Å². The van der Waals surface area contributed by atoms with Gasteiger partial charge in [0.15, 0.2) is 0 Å². The molecule has 0 fully saturated rings. The van der Waals surface area contributed by atoms with Crippen molar-refractivity contribution >= 4 is 35.2 Å². The van der Waals surface area contributed by atoms with Crippen LogP contribution in [-0.2, 0) is 26.5 Å². The Balaban J connectivity index is 0.000000275. The van der Waals surface area contributed by atoms with Crippen LogP contribution in [0.1, 0.15) is 30.4 Å². The van der Waals surface area contributed by atoms with Crippen molar-refractivity contribution in [3.05, 3.63) is 114 Å². The summed E-state index contributed by atoms with van der Waals surface area (Å²) in [5.74, 6) is 0. The SMILES string of the molecule is Cc1ccc(-c2[c-]cccc2)nc1.[2H]C([2H])([2H])C([2H])([2H])c1cnc(-c2[c-]cc([Si](C)(C)C)c3c2oc2ccccc23)cc1C.[Ir]. The van der Waals surface area contributed by atoms with E-state index in [0.717, 1.165) is 27.6 Å². The first kappa shape index (κ1) is 23.3. The van der Waals surface area contributed by atoms with Crippen molar-refractivity contribution in [3.8, 4) is 22.5 Å². The van der Waals surface area contributed by atoms with Crippen LogP contribution in [0.5, 0.6) is 0 Å². The molecule has 0 bridgehead atoms. The summed E-state index contributed by atoms with van der Waals surface area (Å²) in [5, 5.41) is 3.38. The Labute approximate surface area is 259 Å². The third-order valence-corrected chi connectivity index (χ3v) is 8.67. The normalized spacial score (nSPS) is 13.7. The molecule has 0 saturated heterocycles. The number of fused-ring (bicyclic) bond motifs is 3. The zero-order chi connectivity index (χ0) is 31.9. The maximum atomic E-state index is 8.08. The molecule has 0 aliphatic carbocycles. The molecule has 0 spiro atoms. The summed E-state index contributed by atoms with van der Waals surface area (Å²) in [4.78, 5) is 8.75. The maximum Gasteiger partial charge on any atom is 0.120 e. The molecule has 0 atom stereocenters. The monoisotopic (exact) mass is 724 g/mol. The number of aryl methyl sites for hydroxylation is 3. The smallest absolute Gasteiger partial charge is 0.120 e. The Hall–Kier alpha value is -3.37. The second-order valence-electron chi connectivity index (χ2n) is 10.6. The average Bonchev–Trinajstić information content (AvgIpc) is 3.36. The summed E-state index contributed by atoms with van der Waals surface area (Å²) in [6, 6.07) is 30.1. The van der Waals surface area contributed by atoms with Gasteiger partial charge in [0, 0.05) is 52.8 Å². The van der Waals surface area contributed by atoms with Gasteiger partial charge in [-0.3, -0.25) is 0 Å². The van der Waals surface area contributed by atoms with Gasteiger partial charge in [-0.1, -0.05) is 79.4 Å². The molecule has 0 aliphatic heterocycles. The van der Waals surface area contributed by atoms with Crippen LogP contribution in [0.3, 0.4) is 0 Å². The van der Waals surface area contributed by atoms with Crippen LogP contribution in [0.4, 0.5) is 0 Å². The summed E-state index contributed by atoms with van der Waals surface area (Å²) in [7, 11) is -1.69. The van der Waals surface area contributed by atoms with E-state index in [0.29, 0.717) is 22.4 Å². The van der Waals surface area contributed by atoms with Crippen LogP contribution in [-0.4, -0.2) is 18.0 Å². The third kappa shape index (κ3) is 6.18. The fourth-order valence-electron chi connectivity index (χ4n) is 4.56. The van der Waals surface area contributed by atoms with E-state index in [2.05, 4.69) is 53.9 Å². The molecule has 3 aromatic heterocycles. The van der Waals surface area contributed by atoms with E-state index in [1.54, 1.807) is 13.0 Å². The van der Waals surface area contributed by atoms with E-state index in [9.17, 15) is 0 Å². The minimum absolute atomic E-state index is 0. The Morgan fingerprint density at radius 1 is 0.925 bits per heavy atom. The molecule has 0 unspecified atom stereocenters. The Kier molecular flexibility index (Phi) is 7.25. The summed E-state index contributed by atoms with van der Waals surface area (Å²) in [6.45, 7) is 7.81. The van der Waals surface area contributed by atoms with Crippen molar-refractivity contribution in [1.29, 1.82) is 0 Å². The molecule has 205 valence electrons. The number of hydrogen-bond acceptors (Lipinski definition) is 3. The Morgan fingerprint density at radius 2 is 1.70 bits per heavy atom. The molecule has 3 nitrogen and oxygen atoms in total. The van der Waals surface area contributed by atoms with E-state index < -0.39 is 21.3 Å². The van der Waals surface area contributed by atoms with Gasteiger partial charge in [0.25, 0.3) is 0 Å². The summed E-state index contributed by atoms with van der Waals surface area (Å²) < 4.78 is 45.1. The van der Waals surface area contributed by atoms with E-state index in [1.165, 1.54) is 16.9 Å². The molecule has 0 amide bonds. The van der Waals surface area contributed by atoms with Gasteiger partial charge in [0.05, 0.1) is 5.58 Å². The predicted molar refractivity (Wildman–Crippen MR) is 166 cm³/mol. The first-order chi connectivity index (χ1) is 20.7. The largest absolute Gasteiger partial charge is 0.501 e. The van der Waals surface area contributed by atoms with Crippen molar-refractivity contribution in [2.24, 2.45) is 0 Å². The van der Waals surface area contributed by atoms with Gasteiger partial charge in [0.2, 0.25) is 0 Å². The topological polar surface area (TPSA) is 38.9 Å². The average molecular weight is 724 g/mol. The number of furan rings is 1. The molecular formula is C35H34IrN2OSi-2. The van der Waals surface area contributed by atoms with Gasteiger partial charge in [-0.25, -0.2) is 0 Å². The molecule has 1 radical (unpaired) electrons. The number of aromatic nitrogens is 2. The van der Waals surface area contributed by atoms with Gasteiger partial charge in [0.1, 0.15) is 5.58 Å². The molecule has 6 aromatic rings. The van der Waals surface area contributed by atoms with Crippen molar-refractivity contribution in [2.45, 2.75) is 46.7 Å². The number of pyridine rings is 2. The van der Waals surface area contributed by atoms with E-state index >= 15 is 0 Å². The molecule has 0 aliphatic rings. The van der Waals surface area contributed by atoms with Crippen molar-refractivity contribution < 1.29 is 31.4 Å². The summed E-state index contributed by atoms with van der Waals surface area (Å²) in [5.41, 5.74) is 6.57. The quantitative estimate of drug-likeness (QED) is 0.135. The van der Waals surface area contributed by atoms with Crippen molar-refractivity contribution in [1.82, 2.24) is 9.97 Å². The predicted octanol–water partition coefficient (Wildman–Crippen LogP) is 8.72. The van der Waals surface area contributed by atoms with E-state index in [-0.39, 0.29) is 25.7 Å². The third-order valence-electron chi connectivity index (χ3n) is 6.66. The van der Waals surface area contributed by atoms with Crippen LogP contribution >= 0.6 is 0 Å². The first-order valence-corrected chi connectivity index (χ1v) is 16.4. The zero-order valence-electron chi connectivity index (χ0n) is 28.2. The molecule has 40 heavy (non-hydrogen) atoms. The second-order valence-corrected chi connectivity index (χ2v) is 15.7. The van der Waals surface area contributed by atoms with Gasteiger partial charge >= 0.3 is 0 Å². The van der Waals surface area contributed by atoms with Gasteiger partial charge < -0.3 is 14.4 Å². The van der Waals surface area contributed by atoms with E-state index in [1.807, 2.05) is 67.7 Å². The number of hydrogen-bond donors (Lipinski definition) is 0. The molecule has 0 N–H and O–H groups in total. The van der Waals surface area contributed by atoms with Crippen LogP contribution in [0, 0.1) is 26.0 Å². The number of nitrogens with zero attached hydrogens (tertiary/aromatic N) is 2. The number of para-hydroxylation sites is 1. The van der Waals surface area contributed by atoms with Crippen molar-refractivity contribution in [3.63, 3.8) is 0 Å². The first-order valence-electron chi connectivity index (χ1n) is 15.4. The van der Waals surface area contributed by atoms with Crippen LogP contribution < -0.4 is 5.19 Å². The molecule has 3 aromatic carbocycles. The Morgan fingerprint density at radius 3 is 2.38 bits per heavy atom. The van der Waals surface area contributed by atoms with Gasteiger partial charge in [-0.15, -0.1) is 53.2 Å². The van der Waals surface area contributed by atoms with E-state index in [4.69, 9.17) is 11.3 Å². The van der Waals surface area contributed by atoms with Crippen LogP contribution in [0.25, 0.3) is 44.5 Å². The standard InChI is InChI=1S/C23H24NOSi.C12H10N.Ir/c1-6-16-14-24-19(13-15(16)2)17-11-12-21(26(3,4)5)22-18-9-7-8-10-20(18)25-23(17)22;1-10-7-8-12(13-9-10)11-5-3-2-4-6-11;/h7-10,12-14H,6H2,1-5H3;2-5,7-9H,1H3;/q2*-1;/i1D3,6D2;;. The van der Waals surface area contributed by atoms with Gasteiger partial charge in [-0.2, -0.15) is 0 Å². The number of rotatable bonds is 4. The minimum Gasteiger partial charge on any atom is -0.501 e. The van der Waals surface area contributed by atoms with Crippen molar-refractivity contribution in [2.75, 3.05) is 0 Å². The number of benzene rings is 3. The zero-order valence-corrected chi connectivity index (χ0v) is 26.6. The molecule has 5 heteroatoms. The fraction of sp³-hybridized carbons (Fsp3) is 0.200. The summed E-state index contributed by atoms with van der Waals surface area (Å²) >= 11 is 0. The summed E-state index contributed by atoms with van der Waals surface area (Å²) in [6.07, 6.45) is 0.713. The molecular weight excluding hydrogens is 685 g/mol. The molecule has 0 saturated carbocycles. The fourth-order valence-corrected chi connectivity index (χ4v) is 6.06. The minimum atomic E-state index is -2.78. The molecule has 3 heterocycles.